The molecule has 1 aliphatic rings. The van der Waals surface area contributed by atoms with Crippen molar-refractivity contribution >= 4 is 22.9 Å². The van der Waals surface area contributed by atoms with Crippen molar-refractivity contribution in [3.63, 3.8) is 0 Å². The van der Waals surface area contributed by atoms with Gasteiger partial charge in [-0.15, -0.1) is 0 Å². The van der Waals surface area contributed by atoms with Crippen LogP contribution in [0, 0.1) is 0 Å². The molecule has 0 radical (unpaired) electrons. The van der Waals surface area contributed by atoms with Crippen molar-refractivity contribution in [2.75, 3.05) is 19.6 Å². The van der Waals surface area contributed by atoms with Crippen LogP contribution in [0.5, 0.6) is 0 Å². The first-order chi connectivity index (χ1) is 13.1. The Morgan fingerprint density at radius 2 is 1.89 bits per heavy atom. The van der Waals surface area contributed by atoms with E-state index in [0.717, 1.165) is 37.0 Å². The summed E-state index contributed by atoms with van der Waals surface area (Å²) in [6, 6.07) is 5.61. The number of halogens is 3. The van der Waals surface area contributed by atoms with Gasteiger partial charge in [0, 0.05) is 18.2 Å². The smallest absolute Gasteiger partial charge is 0.475 e. The molecule has 0 atom stereocenters. The summed E-state index contributed by atoms with van der Waals surface area (Å²) in [5.74, 6) is -2.87. The van der Waals surface area contributed by atoms with Gasteiger partial charge in [0.25, 0.3) is 5.91 Å². The number of carboxylic acid groups (broad SMARTS) is 1. The van der Waals surface area contributed by atoms with Crippen molar-refractivity contribution in [1.82, 2.24) is 20.2 Å². The van der Waals surface area contributed by atoms with E-state index in [-0.39, 0.29) is 17.6 Å². The number of alkyl halides is 3. The number of imidazole rings is 1. The molecular formula is C17H21F3N4O4. The highest BCUT2D eigenvalue weighted by atomic mass is 19.4. The molecule has 2 heterocycles. The molecule has 1 saturated heterocycles. The lowest BCUT2D eigenvalue weighted by atomic mass is 10.1. The van der Waals surface area contributed by atoms with E-state index in [4.69, 9.17) is 9.90 Å². The molecule has 8 nitrogen and oxygen atoms in total. The molecule has 0 saturated carbocycles. The fourth-order valence-corrected chi connectivity index (χ4v) is 2.96. The summed E-state index contributed by atoms with van der Waals surface area (Å²) < 4.78 is 33.6. The quantitative estimate of drug-likeness (QED) is 0.623. The molecule has 1 fully saturated rings. The van der Waals surface area contributed by atoms with E-state index in [1.807, 2.05) is 17.6 Å². The van der Waals surface area contributed by atoms with Gasteiger partial charge in [-0.1, -0.05) is 0 Å². The average Bonchev–Trinajstić information content (AvgIpc) is 2.97. The van der Waals surface area contributed by atoms with Crippen LogP contribution < -0.4 is 16.3 Å². The van der Waals surface area contributed by atoms with Gasteiger partial charge in [0.2, 0.25) is 0 Å². The zero-order chi connectivity index (χ0) is 20.9. The fourth-order valence-electron chi connectivity index (χ4n) is 2.96. The van der Waals surface area contributed by atoms with Gasteiger partial charge in [0.15, 0.2) is 0 Å². The van der Waals surface area contributed by atoms with E-state index in [1.54, 1.807) is 12.1 Å². The van der Waals surface area contributed by atoms with Crippen LogP contribution >= 0.6 is 0 Å². The minimum atomic E-state index is -5.08. The Labute approximate surface area is 157 Å². The summed E-state index contributed by atoms with van der Waals surface area (Å²) in [5, 5.41) is 13.2. The molecule has 11 heteroatoms. The van der Waals surface area contributed by atoms with Crippen LogP contribution in [0.1, 0.15) is 36.2 Å². The molecule has 1 amide bonds. The summed E-state index contributed by atoms with van der Waals surface area (Å²) in [6.45, 7) is 4.33. The van der Waals surface area contributed by atoms with Crippen LogP contribution in [0.2, 0.25) is 0 Å². The average molecular weight is 402 g/mol. The van der Waals surface area contributed by atoms with Crippen LogP contribution in [0.15, 0.2) is 23.0 Å². The van der Waals surface area contributed by atoms with E-state index in [0.29, 0.717) is 12.1 Å². The first-order valence-corrected chi connectivity index (χ1v) is 8.68. The van der Waals surface area contributed by atoms with Crippen LogP contribution in [0.25, 0.3) is 11.0 Å². The molecule has 0 bridgehead atoms. The summed E-state index contributed by atoms with van der Waals surface area (Å²) >= 11 is 0. The third kappa shape index (κ3) is 5.12. The van der Waals surface area contributed by atoms with Gasteiger partial charge in [0.1, 0.15) is 0 Å². The number of carbonyl (C=O) groups is 2. The topological polar surface area (TPSA) is 116 Å². The Balaban J connectivity index is 0.000000345. The predicted octanol–water partition coefficient (Wildman–Crippen LogP) is 1.64. The number of carbonyl (C=O) groups excluding carboxylic acids is 1. The number of carboxylic acids is 1. The second kappa shape index (κ2) is 8.91. The SMILES string of the molecule is CCNC(=O)c1ccc2c(c1)[nH]c(=O)n2C1CCNCC1.O=C(O)C(F)(F)F. The minimum absolute atomic E-state index is 0.0926. The van der Waals surface area contributed by atoms with Crippen molar-refractivity contribution in [1.29, 1.82) is 0 Å². The normalized spacial score (nSPS) is 15.0. The number of aromatic amines is 1. The monoisotopic (exact) mass is 402 g/mol. The van der Waals surface area contributed by atoms with Crippen LogP contribution in [-0.4, -0.2) is 52.3 Å². The number of nitrogens with zero attached hydrogens (tertiary/aromatic N) is 1. The van der Waals surface area contributed by atoms with Crippen molar-refractivity contribution in [2.45, 2.75) is 32.0 Å². The van der Waals surface area contributed by atoms with E-state index in [1.165, 1.54) is 0 Å². The third-order valence-corrected chi connectivity index (χ3v) is 4.23. The molecule has 4 N–H and O–H groups in total. The Kier molecular flexibility index (Phi) is 6.84. The number of amides is 1. The van der Waals surface area contributed by atoms with E-state index in [2.05, 4.69) is 15.6 Å². The first kappa shape index (κ1) is 21.5. The molecule has 0 aliphatic carbocycles. The largest absolute Gasteiger partial charge is 0.490 e. The number of hydrogen-bond donors (Lipinski definition) is 4. The number of nitrogens with one attached hydrogen (secondary N) is 3. The fraction of sp³-hybridized carbons (Fsp3) is 0.471. The number of benzene rings is 1. The van der Waals surface area contributed by atoms with Crippen molar-refractivity contribution < 1.29 is 27.9 Å². The number of H-pyrrole nitrogens is 1. The highest BCUT2D eigenvalue weighted by molar-refractivity contribution is 5.97. The van der Waals surface area contributed by atoms with Gasteiger partial charge < -0.3 is 20.7 Å². The zero-order valence-electron chi connectivity index (χ0n) is 15.1. The maximum absolute atomic E-state index is 12.2. The second-order valence-corrected chi connectivity index (χ2v) is 6.18. The highest BCUT2D eigenvalue weighted by Gasteiger charge is 2.38. The number of aliphatic carboxylic acids is 1. The van der Waals surface area contributed by atoms with Gasteiger partial charge in [-0.2, -0.15) is 13.2 Å². The van der Waals surface area contributed by atoms with Crippen molar-refractivity contribution in [3.8, 4) is 0 Å². The minimum Gasteiger partial charge on any atom is -0.475 e. The molecule has 154 valence electrons. The van der Waals surface area contributed by atoms with E-state index < -0.39 is 12.1 Å². The lowest BCUT2D eigenvalue weighted by Gasteiger charge is -2.23. The van der Waals surface area contributed by atoms with E-state index >= 15 is 0 Å². The van der Waals surface area contributed by atoms with Crippen molar-refractivity contribution in [3.05, 3.63) is 34.2 Å². The van der Waals surface area contributed by atoms with Gasteiger partial charge in [-0.05, 0) is 51.1 Å². The molecule has 1 aliphatic heterocycles. The molecule has 1 aromatic carbocycles. The highest BCUT2D eigenvalue weighted by Crippen LogP contribution is 2.22. The van der Waals surface area contributed by atoms with Crippen LogP contribution in [-0.2, 0) is 4.79 Å². The zero-order valence-corrected chi connectivity index (χ0v) is 15.1. The maximum atomic E-state index is 12.2. The molecule has 2 aromatic rings. The Morgan fingerprint density at radius 1 is 1.29 bits per heavy atom. The molecular weight excluding hydrogens is 381 g/mol. The maximum Gasteiger partial charge on any atom is 0.490 e. The lowest BCUT2D eigenvalue weighted by Crippen LogP contribution is -2.33. The first-order valence-electron chi connectivity index (χ1n) is 8.68. The summed E-state index contributed by atoms with van der Waals surface area (Å²) in [4.78, 5) is 35.9. The van der Waals surface area contributed by atoms with Crippen LogP contribution in [0.4, 0.5) is 13.2 Å². The third-order valence-electron chi connectivity index (χ3n) is 4.23. The number of fused-ring (bicyclic) bond motifs is 1. The number of piperidine rings is 1. The van der Waals surface area contributed by atoms with Gasteiger partial charge in [-0.25, -0.2) is 9.59 Å². The predicted molar refractivity (Wildman–Crippen MR) is 95.4 cm³/mol. The van der Waals surface area contributed by atoms with Crippen molar-refractivity contribution in [2.24, 2.45) is 0 Å². The molecule has 28 heavy (non-hydrogen) atoms. The molecule has 1 aromatic heterocycles. The molecule has 0 spiro atoms. The standard InChI is InChI=1S/C15H20N4O2.C2HF3O2/c1-2-17-14(20)10-3-4-13-12(9-10)18-15(21)19(13)11-5-7-16-8-6-11;3-2(4,5)1(6)7/h3-4,9,11,16H,2,5-8H2,1H3,(H,17,20)(H,18,21);(H,6,7). The Morgan fingerprint density at radius 3 is 2.43 bits per heavy atom. The number of rotatable bonds is 3. The number of hydrogen-bond acceptors (Lipinski definition) is 4. The summed E-state index contributed by atoms with van der Waals surface area (Å²) in [7, 11) is 0. The molecule has 0 unspecified atom stereocenters. The number of aromatic nitrogens is 2. The Hall–Kier alpha value is -2.82. The summed E-state index contributed by atoms with van der Waals surface area (Å²) in [5.41, 5.74) is 2.08. The van der Waals surface area contributed by atoms with Crippen LogP contribution in [0.3, 0.4) is 0 Å². The lowest BCUT2D eigenvalue weighted by molar-refractivity contribution is -0.192. The van der Waals surface area contributed by atoms with E-state index in [9.17, 15) is 22.8 Å². The van der Waals surface area contributed by atoms with Gasteiger partial charge in [-0.3, -0.25) is 9.36 Å². The Bertz CT molecular complexity index is 898. The second-order valence-electron chi connectivity index (χ2n) is 6.18. The summed E-state index contributed by atoms with van der Waals surface area (Å²) in [6.07, 6.45) is -3.18. The van der Waals surface area contributed by atoms with Gasteiger partial charge in [0.05, 0.1) is 11.0 Å². The van der Waals surface area contributed by atoms with Gasteiger partial charge >= 0.3 is 17.8 Å². The molecule has 3 rings (SSSR count).